The molecule has 0 radical (unpaired) electrons. The molecule has 0 atom stereocenters. The second-order valence-electron chi connectivity index (χ2n) is 5.49. The lowest BCUT2D eigenvalue weighted by Crippen LogP contribution is -2.06. The lowest BCUT2D eigenvalue weighted by atomic mass is 9.92. The molecule has 1 N–H and O–H groups in total. The van der Waals surface area contributed by atoms with Gasteiger partial charge < -0.3 is 5.11 Å². The molecule has 0 bridgehead atoms. The fourth-order valence-electron chi connectivity index (χ4n) is 2.46. The van der Waals surface area contributed by atoms with E-state index in [1.54, 1.807) is 6.07 Å². The molecule has 0 aliphatic heterocycles. The van der Waals surface area contributed by atoms with Crippen LogP contribution in [0.4, 0.5) is 0 Å². The van der Waals surface area contributed by atoms with Crippen molar-refractivity contribution in [1.29, 1.82) is 0 Å². The summed E-state index contributed by atoms with van der Waals surface area (Å²) in [4.78, 5) is 12.7. The second-order valence-corrected chi connectivity index (χ2v) is 5.49. The van der Waals surface area contributed by atoms with Gasteiger partial charge in [0.1, 0.15) is 5.75 Å². The summed E-state index contributed by atoms with van der Waals surface area (Å²) < 4.78 is 0. The second kappa shape index (κ2) is 5.12. The minimum atomic E-state index is -0.119. The van der Waals surface area contributed by atoms with E-state index < -0.39 is 0 Å². The summed E-state index contributed by atoms with van der Waals surface area (Å²) in [5.74, 6) is -0.0238. The zero-order chi connectivity index (χ0) is 15.0. The molecule has 0 aromatic heterocycles. The van der Waals surface area contributed by atoms with E-state index in [1.165, 1.54) is 0 Å². The first-order valence-corrected chi connectivity index (χ1v) is 6.74. The van der Waals surface area contributed by atoms with Crippen molar-refractivity contribution >= 4 is 5.78 Å². The average molecular weight is 268 g/mol. The highest BCUT2D eigenvalue weighted by atomic mass is 16.3. The van der Waals surface area contributed by atoms with Crippen molar-refractivity contribution in [2.45, 2.75) is 34.6 Å². The first kappa shape index (κ1) is 14.3. The van der Waals surface area contributed by atoms with Crippen molar-refractivity contribution in [3.63, 3.8) is 0 Å². The molecule has 2 aromatic carbocycles. The van der Waals surface area contributed by atoms with Crippen LogP contribution in [0.2, 0.25) is 0 Å². The van der Waals surface area contributed by atoms with Crippen molar-refractivity contribution in [2.24, 2.45) is 0 Å². The summed E-state index contributed by atoms with van der Waals surface area (Å²) in [6, 6.07) is 7.51. The zero-order valence-electron chi connectivity index (χ0n) is 12.7. The van der Waals surface area contributed by atoms with Gasteiger partial charge in [-0.05, 0) is 62.9 Å². The molecular weight excluding hydrogens is 248 g/mol. The third-order valence-electron chi connectivity index (χ3n) is 4.00. The van der Waals surface area contributed by atoms with Crippen molar-refractivity contribution in [1.82, 2.24) is 0 Å². The monoisotopic (exact) mass is 268 g/mol. The maximum absolute atomic E-state index is 12.7. The molecule has 0 saturated heterocycles. The number of aromatic hydroxyl groups is 1. The quantitative estimate of drug-likeness (QED) is 0.830. The van der Waals surface area contributed by atoms with Crippen LogP contribution in [0.1, 0.15) is 43.7 Å². The number of hydrogen-bond acceptors (Lipinski definition) is 2. The Kier molecular flexibility index (Phi) is 3.67. The molecule has 0 saturated carbocycles. The van der Waals surface area contributed by atoms with Gasteiger partial charge in [-0.25, -0.2) is 0 Å². The van der Waals surface area contributed by atoms with E-state index in [0.717, 1.165) is 27.8 Å². The molecule has 2 rings (SSSR count). The summed E-state index contributed by atoms with van der Waals surface area (Å²) in [6.45, 7) is 9.68. The summed E-state index contributed by atoms with van der Waals surface area (Å²) in [6.07, 6.45) is 0. The van der Waals surface area contributed by atoms with Crippen LogP contribution in [0.25, 0.3) is 0 Å². The topological polar surface area (TPSA) is 37.3 Å². The number of phenolic OH excluding ortho intramolecular Hbond substituents is 1. The minimum Gasteiger partial charge on any atom is -0.507 e. The summed E-state index contributed by atoms with van der Waals surface area (Å²) in [5.41, 5.74) is 5.92. The lowest BCUT2D eigenvalue weighted by molar-refractivity contribution is 0.103. The number of ketones is 1. The zero-order valence-corrected chi connectivity index (χ0v) is 12.7. The molecule has 0 aliphatic carbocycles. The van der Waals surface area contributed by atoms with E-state index in [1.807, 2.05) is 52.8 Å². The highest BCUT2D eigenvalue weighted by Gasteiger charge is 2.19. The van der Waals surface area contributed by atoms with Gasteiger partial charge in [-0.1, -0.05) is 23.8 Å². The third kappa shape index (κ3) is 2.34. The first-order valence-electron chi connectivity index (χ1n) is 6.74. The Morgan fingerprint density at radius 1 is 0.850 bits per heavy atom. The molecule has 0 aliphatic rings. The number of hydrogen-bond donors (Lipinski definition) is 1. The van der Waals surface area contributed by atoms with Gasteiger partial charge in [0.15, 0.2) is 5.78 Å². The fraction of sp³-hybridized carbons (Fsp3) is 0.278. The van der Waals surface area contributed by atoms with Crippen LogP contribution in [-0.2, 0) is 0 Å². The molecule has 2 aromatic rings. The van der Waals surface area contributed by atoms with Crippen molar-refractivity contribution in [2.75, 3.05) is 0 Å². The van der Waals surface area contributed by atoms with Crippen LogP contribution >= 0.6 is 0 Å². The molecular formula is C18H20O2. The van der Waals surface area contributed by atoms with Crippen LogP contribution < -0.4 is 0 Å². The van der Waals surface area contributed by atoms with E-state index in [9.17, 15) is 9.90 Å². The van der Waals surface area contributed by atoms with E-state index >= 15 is 0 Å². The summed E-state index contributed by atoms with van der Waals surface area (Å²) in [5, 5.41) is 10.3. The Bertz CT molecular complexity index is 697. The number of rotatable bonds is 2. The maximum atomic E-state index is 12.7. The van der Waals surface area contributed by atoms with Crippen LogP contribution in [0.5, 0.6) is 5.75 Å². The van der Waals surface area contributed by atoms with Gasteiger partial charge in [-0.15, -0.1) is 0 Å². The van der Waals surface area contributed by atoms with E-state index in [0.29, 0.717) is 11.1 Å². The molecule has 0 heterocycles. The van der Waals surface area contributed by atoms with Gasteiger partial charge in [0, 0.05) is 5.56 Å². The predicted octanol–water partition coefficient (Wildman–Crippen LogP) is 4.17. The molecule has 2 heteroatoms. The van der Waals surface area contributed by atoms with Crippen molar-refractivity contribution < 1.29 is 9.90 Å². The molecule has 2 nitrogen and oxygen atoms in total. The minimum absolute atomic E-state index is 0.0954. The SMILES string of the molecule is Cc1ccc(C(=O)c2cc(C)c(C)c(C)c2O)c(C)c1. The number of phenols is 1. The number of benzene rings is 2. The van der Waals surface area contributed by atoms with Gasteiger partial charge in [0.2, 0.25) is 0 Å². The Hall–Kier alpha value is -2.09. The van der Waals surface area contributed by atoms with Gasteiger partial charge in [-0.3, -0.25) is 4.79 Å². The molecule has 20 heavy (non-hydrogen) atoms. The molecule has 0 fully saturated rings. The van der Waals surface area contributed by atoms with E-state index in [-0.39, 0.29) is 11.5 Å². The molecule has 104 valence electrons. The predicted molar refractivity (Wildman–Crippen MR) is 81.7 cm³/mol. The van der Waals surface area contributed by atoms with Crippen LogP contribution in [0.15, 0.2) is 24.3 Å². The highest BCUT2D eigenvalue weighted by Crippen LogP contribution is 2.30. The van der Waals surface area contributed by atoms with Gasteiger partial charge >= 0.3 is 0 Å². The standard InChI is InChI=1S/C18H20O2/c1-10-6-7-15(12(3)8-10)18(20)16-9-11(2)13(4)14(5)17(16)19/h6-9,19H,1-5H3. The van der Waals surface area contributed by atoms with Crippen LogP contribution in [0, 0.1) is 34.6 Å². The third-order valence-corrected chi connectivity index (χ3v) is 4.00. The summed E-state index contributed by atoms with van der Waals surface area (Å²) in [7, 11) is 0. The van der Waals surface area contributed by atoms with Crippen LogP contribution in [-0.4, -0.2) is 10.9 Å². The van der Waals surface area contributed by atoms with Gasteiger partial charge in [-0.2, -0.15) is 0 Å². The van der Waals surface area contributed by atoms with Crippen LogP contribution in [0.3, 0.4) is 0 Å². The lowest BCUT2D eigenvalue weighted by Gasteiger charge is -2.13. The van der Waals surface area contributed by atoms with Gasteiger partial charge in [0.25, 0.3) is 0 Å². The largest absolute Gasteiger partial charge is 0.507 e. The maximum Gasteiger partial charge on any atom is 0.197 e. The van der Waals surface area contributed by atoms with Crippen molar-refractivity contribution in [3.05, 3.63) is 63.2 Å². The van der Waals surface area contributed by atoms with Gasteiger partial charge in [0.05, 0.1) is 5.56 Å². The fourth-order valence-corrected chi connectivity index (χ4v) is 2.46. The number of carbonyl (C=O) groups excluding carboxylic acids is 1. The number of aryl methyl sites for hydroxylation is 3. The van der Waals surface area contributed by atoms with Crippen molar-refractivity contribution in [3.8, 4) is 5.75 Å². The van der Waals surface area contributed by atoms with E-state index in [4.69, 9.17) is 0 Å². The molecule has 0 spiro atoms. The average Bonchev–Trinajstić information content (AvgIpc) is 2.40. The van der Waals surface area contributed by atoms with E-state index in [2.05, 4.69) is 0 Å². The smallest absolute Gasteiger partial charge is 0.197 e. The normalized spacial score (nSPS) is 10.7. The number of carbonyl (C=O) groups is 1. The Morgan fingerprint density at radius 2 is 1.50 bits per heavy atom. The Balaban J connectivity index is 2.60. The summed E-state index contributed by atoms with van der Waals surface area (Å²) >= 11 is 0. The Morgan fingerprint density at radius 3 is 2.10 bits per heavy atom. The first-order chi connectivity index (χ1) is 9.32. The molecule has 0 unspecified atom stereocenters. The highest BCUT2D eigenvalue weighted by molar-refractivity contribution is 6.12. The Labute approximate surface area is 120 Å². The molecule has 0 amide bonds.